The van der Waals surface area contributed by atoms with Gasteiger partial charge in [0, 0.05) is 12.1 Å². The molecule has 1 aliphatic rings. The number of carbonyl (C=O) groups excluding carboxylic acids is 1. The third kappa shape index (κ3) is 4.01. The molecular formula is C17H23F3N2O2. The number of carbonyl (C=O) groups is 1. The molecule has 1 unspecified atom stereocenters. The number of nitrogens with zero attached hydrogens (tertiary/aromatic N) is 1. The molecule has 1 atom stereocenters. The van der Waals surface area contributed by atoms with Gasteiger partial charge in [-0.15, -0.1) is 0 Å². The number of rotatable bonds is 5. The molecule has 0 radical (unpaired) electrons. The average molecular weight is 344 g/mol. The summed E-state index contributed by atoms with van der Waals surface area (Å²) in [6.07, 6.45) is -4.55. The van der Waals surface area contributed by atoms with Crippen molar-refractivity contribution in [2.75, 3.05) is 13.2 Å². The van der Waals surface area contributed by atoms with Gasteiger partial charge in [0.15, 0.2) is 6.04 Å². The molecule has 1 aromatic carbocycles. The van der Waals surface area contributed by atoms with Gasteiger partial charge >= 0.3 is 6.18 Å². The zero-order valence-electron chi connectivity index (χ0n) is 14.3. The maximum atomic E-state index is 13.8. The molecule has 0 saturated carbocycles. The molecule has 1 amide bonds. The number of hydrazine groups is 1. The fourth-order valence-electron chi connectivity index (χ4n) is 2.59. The Morgan fingerprint density at radius 1 is 1.29 bits per heavy atom. The number of hydrogen-bond donors (Lipinski definition) is 1. The van der Waals surface area contributed by atoms with Gasteiger partial charge in [0.25, 0.3) is 0 Å². The molecule has 1 aliphatic heterocycles. The number of amides is 1. The Kier molecular flexibility index (Phi) is 5.13. The Bertz CT molecular complexity index is 600. The second kappa shape index (κ2) is 6.63. The number of benzene rings is 1. The smallest absolute Gasteiger partial charge is 0.410 e. The summed E-state index contributed by atoms with van der Waals surface area (Å²) in [5, 5.41) is 0.958. The van der Waals surface area contributed by atoms with Crippen molar-refractivity contribution >= 4 is 5.91 Å². The van der Waals surface area contributed by atoms with Gasteiger partial charge in [0.2, 0.25) is 5.91 Å². The van der Waals surface area contributed by atoms with E-state index in [9.17, 15) is 18.0 Å². The highest BCUT2D eigenvalue weighted by atomic mass is 19.4. The van der Waals surface area contributed by atoms with Gasteiger partial charge in [-0.2, -0.15) is 13.2 Å². The summed E-state index contributed by atoms with van der Waals surface area (Å²) in [5.74, 6) is -0.0439. The second-order valence-electron chi connectivity index (χ2n) is 7.14. The van der Waals surface area contributed by atoms with Crippen molar-refractivity contribution in [3.8, 4) is 5.75 Å². The van der Waals surface area contributed by atoms with Crippen LogP contribution >= 0.6 is 0 Å². The van der Waals surface area contributed by atoms with E-state index in [1.165, 1.54) is 12.1 Å². The van der Waals surface area contributed by atoms with Crippen LogP contribution in [0.15, 0.2) is 24.3 Å². The van der Waals surface area contributed by atoms with Crippen molar-refractivity contribution in [3.05, 3.63) is 29.8 Å². The maximum Gasteiger partial charge on any atom is 0.410 e. The van der Waals surface area contributed by atoms with Crippen LogP contribution in [0.5, 0.6) is 5.75 Å². The quantitative estimate of drug-likeness (QED) is 0.886. The summed E-state index contributed by atoms with van der Waals surface area (Å²) in [6, 6.07) is 4.15. The van der Waals surface area contributed by atoms with Gasteiger partial charge < -0.3 is 4.74 Å². The fraction of sp³-hybridized carbons (Fsp3) is 0.588. The van der Waals surface area contributed by atoms with Gasteiger partial charge in [0.05, 0.1) is 12.0 Å². The van der Waals surface area contributed by atoms with Crippen LogP contribution in [0.2, 0.25) is 0 Å². The summed E-state index contributed by atoms with van der Waals surface area (Å²) >= 11 is 0. The van der Waals surface area contributed by atoms with Crippen LogP contribution in [0, 0.1) is 11.3 Å². The van der Waals surface area contributed by atoms with E-state index in [0.717, 1.165) is 5.01 Å². The minimum Gasteiger partial charge on any atom is -0.493 e. The van der Waals surface area contributed by atoms with Crippen molar-refractivity contribution in [1.82, 2.24) is 10.4 Å². The number of para-hydroxylation sites is 1. The third-order valence-corrected chi connectivity index (χ3v) is 3.83. The van der Waals surface area contributed by atoms with Gasteiger partial charge in [0.1, 0.15) is 5.75 Å². The predicted octanol–water partition coefficient (Wildman–Crippen LogP) is 3.70. The molecule has 7 heteroatoms. The summed E-state index contributed by atoms with van der Waals surface area (Å²) in [6.45, 7) is 7.38. The molecule has 134 valence electrons. The molecule has 4 nitrogen and oxygen atoms in total. The van der Waals surface area contributed by atoms with Crippen LogP contribution in [0.3, 0.4) is 0 Å². The molecule has 0 aromatic heterocycles. The zero-order valence-corrected chi connectivity index (χ0v) is 14.3. The molecule has 0 spiro atoms. The van der Waals surface area contributed by atoms with Crippen molar-refractivity contribution < 1.29 is 22.7 Å². The average Bonchev–Trinajstić information content (AvgIpc) is 2.69. The van der Waals surface area contributed by atoms with Crippen molar-refractivity contribution in [1.29, 1.82) is 0 Å². The van der Waals surface area contributed by atoms with Gasteiger partial charge in [-0.1, -0.05) is 32.0 Å². The lowest BCUT2D eigenvalue weighted by Gasteiger charge is -2.31. The number of ether oxygens (including phenoxy) is 1. The first-order valence-corrected chi connectivity index (χ1v) is 7.88. The van der Waals surface area contributed by atoms with Gasteiger partial charge in [-0.25, -0.2) is 5.01 Å². The van der Waals surface area contributed by atoms with E-state index in [-0.39, 0.29) is 23.8 Å². The molecule has 24 heavy (non-hydrogen) atoms. The van der Waals surface area contributed by atoms with E-state index < -0.39 is 23.5 Å². The van der Waals surface area contributed by atoms with Crippen molar-refractivity contribution in [2.24, 2.45) is 11.3 Å². The maximum absolute atomic E-state index is 13.8. The summed E-state index contributed by atoms with van der Waals surface area (Å²) < 4.78 is 46.9. The highest BCUT2D eigenvalue weighted by molar-refractivity contribution is 5.83. The van der Waals surface area contributed by atoms with Crippen LogP contribution in [0.1, 0.15) is 39.3 Å². The van der Waals surface area contributed by atoms with Gasteiger partial charge in [-0.05, 0) is 25.8 Å². The summed E-state index contributed by atoms with van der Waals surface area (Å²) in [7, 11) is 0. The first kappa shape index (κ1) is 18.6. The van der Waals surface area contributed by atoms with Crippen molar-refractivity contribution in [3.63, 3.8) is 0 Å². The van der Waals surface area contributed by atoms with Crippen molar-refractivity contribution in [2.45, 2.75) is 39.9 Å². The molecule has 0 bridgehead atoms. The Morgan fingerprint density at radius 2 is 1.92 bits per heavy atom. The van der Waals surface area contributed by atoms with E-state index in [1.54, 1.807) is 26.0 Å². The molecule has 0 aliphatic carbocycles. The SMILES string of the molecule is CC(C)COc1ccccc1C(N1CC(C)(C)C(=O)N1)C(F)(F)F. The first-order valence-electron chi connectivity index (χ1n) is 7.88. The summed E-state index contributed by atoms with van der Waals surface area (Å²) in [4.78, 5) is 11.9. The third-order valence-electron chi connectivity index (χ3n) is 3.83. The van der Waals surface area contributed by atoms with E-state index in [4.69, 9.17) is 4.74 Å². The zero-order chi connectivity index (χ0) is 18.1. The number of nitrogens with one attached hydrogen (secondary N) is 1. The molecule has 1 heterocycles. The van der Waals surface area contributed by atoms with E-state index >= 15 is 0 Å². The molecule has 2 rings (SSSR count). The topological polar surface area (TPSA) is 41.6 Å². The van der Waals surface area contributed by atoms with Crippen LogP contribution < -0.4 is 10.2 Å². The Labute approximate surface area is 139 Å². The summed E-state index contributed by atoms with van der Waals surface area (Å²) in [5.41, 5.74) is 1.49. The van der Waals surface area contributed by atoms with Crippen LogP contribution in [0.4, 0.5) is 13.2 Å². The highest BCUT2D eigenvalue weighted by Gasteiger charge is 2.51. The fourth-order valence-corrected chi connectivity index (χ4v) is 2.59. The lowest BCUT2D eigenvalue weighted by molar-refractivity contribution is -0.192. The molecule has 1 fully saturated rings. The molecule has 1 aromatic rings. The van der Waals surface area contributed by atoms with Gasteiger partial charge in [-0.3, -0.25) is 10.2 Å². The largest absolute Gasteiger partial charge is 0.493 e. The second-order valence-corrected chi connectivity index (χ2v) is 7.14. The predicted molar refractivity (Wildman–Crippen MR) is 84.2 cm³/mol. The first-order chi connectivity index (χ1) is 11.0. The van der Waals surface area contributed by atoms with Crippen LogP contribution in [0.25, 0.3) is 0 Å². The number of halogens is 3. The van der Waals surface area contributed by atoms with E-state index in [0.29, 0.717) is 6.61 Å². The number of hydrogen-bond acceptors (Lipinski definition) is 3. The Morgan fingerprint density at radius 3 is 2.42 bits per heavy atom. The minimum absolute atomic E-state index is 0.00338. The van der Waals surface area contributed by atoms with Crippen LogP contribution in [-0.2, 0) is 4.79 Å². The minimum atomic E-state index is -4.55. The lowest BCUT2D eigenvalue weighted by Crippen LogP contribution is -2.43. The monoisotopic (exact) mass is 344 g/mol. The standard InChI is InChI=1S/C17H23F3N2O2/c1-11(2)9-24-13-8-6-5-7-12(13)14(17(18,19)20)22-10-16(3,4)15(23)21-22/h5-8,11,14H,9-10H2,1-4H3,(H,21,23). The van der Waals surface area contributed by atoms with E-state index in [2.05, 4.69) is 5.43 Å². The molecule has 1 saturated heterocycles. The lowest BCUT2D eigenvalue weighted by atomic mass is 9.93. The van der Waals surface area contributed by atoms with E-state index in [1.807, 2.05) is 13.8 Å². The number of alkyl halides is 3. The Balaban J connectivity index is 2.38. The highest BCUT2D eigenvalue weighted by Crippen LogP contribution is 2.43. The molecular weight excluding hydrogens is 321 g/mol. The van der Waals surface area contributed by atoms with Crippen LogP contribution in [-0.4, -0.2) is 30.2 Å². The Hall–Kier alpha value is -1.76. The normalized spacial score (nSPS) is 19.4. The molecule has 1 N–H and O–H groups in total.